The van der Waals surface area contributed by atoms with E-state index in [1.54, 1.807) is 0 Å². The highest BCUT2D eigenvalue weighted by Gasteiger charge is 2.22. The molecule has 1 aromatic heterocycles. The van der Waals surface area contributed by atoms with Crippen LogP contribution < -0.4 is 5.73 Å². The number of piperazine rings is 1. The minimum Gasteiger partial charge on any atom is -0.382 e. The van der Waals surface area contributed by atoms with Gasteiger partial charge < -0.3 is 15.5 Å². The second-order valence-electron chi connectivity index (χ2n) is 5.20. The molecule has 0 spiro atoms. The summed E-state index contributed by atoms with van der Waals surface area (Å²) in [6.45, 7) is 7.97. The smallest absolute Gasteiger partial charge is 0.145 e. The molecule has 2 N–H and O–H groups in total. The Kier molecular flexibility index (Phi) is 4.60. The summed E-state index contributed by atoms with van der Waals surface area (Å²) in [6, 6.07) is 2.57. The van der Waals surface area contributed by atoms with Crippen molar-refractivity contribution >= 4 is 5.82 Å². The van der Waals surface area contributed by atoms with E-state index in [2.05, 4.69) is 28.9 Å². The van der Waals surface area contributed by atoms with Crippen LogP contribution in [0.4, 0.5) is 5.82 Å². The van der Waals surface area contributed by atoms with Gasteiger partial charge in [0.25, 0.3) is 0 Å². The van der Waals surface area contributed by atoms with Gasteiger partial charge in [-0.2, -0.15) is 5.10 Å². The number of rotatable bonds is 5. The van der Waals surface area contributed by atoms with Crippen molar-refractivity contribution in [2.24, 2.45) is 0 Å². The zero-order valence-corrected chi connectivity index (χ0v) is 11.5. The molecule has 0 bridgehead atoms. The lowest BCUT2D eigenvalue weighted by Crippen LogP contribution is -2.51. The first kappa shape index (κ1) is 13.4. The van der Waals surface area contributed by atoms with Crippen LogP contribution in [0.3, 0.4) is 0 Å². The van der Waals surface area contributed by atoms with Crippen LogP contribution in [0.5, 0.6) is 0 Å². The fourth-order valence-electron chi connectivity index (χ4n) is 2.61. The molecule has 18 heavy (non-hydrogen) atoms. The molecule has 1 aromatic rings. The summed E-state index contributed by atoms with van der Waals surface area (Å²) in [6.07, 6.45) is 4.33. The largest absolute Gasteiger partial charge is 0.382 e. The molecule has 1 saturated heterocycles. The van der Waals surface area contributed by atoms with Gasteiger partial charge in [0.05, 0.1) is 0 Å². The monoisotopic (exact) mass is 251 g/mol. The lowest BCUT2D eigenvalue weighted by atomic mass is 10.1. The van der Waals surface area contributed by atoms with Gasteiger partial charge in [0.1, 0.15) is 5.82 Å². The number of likely N-dealkylation sites (N-methyl/N-ethyl adjacent to an activating group) is 1. The molecule has 1 unspecified atom stereocenters. The van der Waals surface area contributed by atoms with Crippen LogP contribution in [0.15, 0.2) is 12.3 Å². The Morgan fingerprint density at radius 2 is 2.22 bits per heavy atom. The molecule has 2 rings (SSSR count). The van der Waals surface area contributed by atoms with Crippen molar-refractivity contribution in [2.75, 3.05) is 39.0 Å². The van der Waals surface area contributed by atoms with Gasteiger partial charge in [-0.3, -0.25) is 4.68 Å². The third-order valence-electron chi connectivity index (χ3n) is 3.86. The number of aryl methyl sites for hydroxylation is 1. The minimum atomic E-state index is 0.612. The normalized spacial score (nSPS) is 22.4. The van der Waals surface area contributed by atoms with E-state index in [1.165, 1.54) is 26.1 Å². The molecule has 0 saturated carbocycles. The zero-order chi connectivity index (χ0) is 13.0. The van der Waals surface area contributed by atoms with E-state index in [0.29, 0.717) is 5.82 Å². The van der Waals surface area contributed by atoms with Crippen molar-refractivity contribution in [1.29, 1.82) is 0 Å². The Labute approximate surface area is 110 Å². The number of nitrogen functional groups attached to an aromatic ring is 1. The van der Waals surface area contributed by atoms with E-state index in [9.17, 15) is 0 Å². The first-order valence-electron chi connectivity index (χ1n) is 6.90. The van der Waals surface area contributed by atoms with Crippen LogP contribution in [0, 0.1) is 0 Å². The highest BCUT2D eigenvalue weighted by Crippen LogP contribution is 2.11. The van der Waals surface area contributed by atoms with Crippen LogP contribution in [0.1, 0.15) is 19.8 Å². The van der Waals surface area contributed by atoms with Crippen molar-refractivity contribution in [3.05, 3.63) is 12.3 Å². The summed E-state index contributed by atoms with van der Waals surface area (Å²) in [5, 5.41) is 4.20. The number of nitrogens with zero attached hydrogens (tertiary/aromatic N) is 4. The summed E-state index contributed by atoms with van der Waals surface area (Å²) in [7, 11) is 2.23. The van der Waals surface area contributed by atoms with Gasteiger partial charge in [-0.25, -0.2) is 0 Å². The number of aromatic nitrogens is 2. The Balaban J connectivity index is 1.70. The topological polar surface area (TPSA) is 50.3 Å². The molecule has 1 aliphatic heterocycles. The molecule has 5 heteroatoms. The third-order valence-corrected chi connectivity index (χ3v) is 3.86. The van der Waals surface area contributed by atoms with Crippen LogP contribution in [-0.4, -0.2) is 58.8 Å². The maximum Gasteiger partial charge on any atom is 0.145 e. The molecule has 2 heterocycles. The number of anilines is 1. The van der Waals surface area contributed by atoms with Gasteiger partial charge in [0.15, 0.2) is 0 Å². The van der Waals surface area contributed by atoms with Crippen molar-refractivity contribution in [2.45, 2.75) is 32.4 Å². The molecule has 1 aliphatic rings. The molecule has 0 aliphatic carbocycles. The van der Waals surface area contributed by atoms with Gasteiger partial charge in [-0.05, 0) is 26.0 Å². The van der Waals surface area contributed by atoms with E-state index in [0.717, 1.165) is 25.6 Å². The molecule has 1 fully saturated rings. The van der Waals surface area contributed by atoms with Gasteiger partial charge in [-0.1, -0.05) is 6.92 Å². The van der Waals surface area contributed by atoms with Gasteiger partial charge >= 0.3 is 0 Å². The van der Waals surface area contributed by atoms with Crippen molar-refractivity contribution < 1.29 is 0 Å². The van der Waals surface area contributed by atoms with Crippen LogP contribution in [-0.2, 0) is 6.54 Å². The van der Waals surface area contributed by atoms with E-state index in [4.69, 9.17) is 5.73 Å². The summed E-state index contributed by atoms with van der Waals surface area (Å²) in [5.41, 5.74) is 5.60. The lowest BCUT2D eigenvalue weighted by molar-refractivity contribution is 0.0914. The second-order valence-corrected chi connectivity index (χ2v) is 5.20. The van der Waals surface area contributed by atoms with E-state index in [-0.39, 0.29) is 0 Å². The van der Waals surface area contributed by atoms with E-state index in [1.807, 2.05) is 16.9 Å². The van der Waals surface area contributed by atoms with Crippen molar-refractivity contribution in [1.82, 2.24) is 19.6 Å². The maximum absolute atomic E-state index is 5.60. The molecule has 0 radical (unpaired) electrons. The third kappa shape index (κ3) is 3.46. The van der Waals surface area contributed by atoms with E-state index < -0.39 is 0 Å². The molecule has 0 amide bonds. The quantitative estimate of drug-likeness (QED) is 0.844. The number of nitrogens with two attached hydrogens (primary N) is 1. The second kappa shape index (κ2) is 6.20. The average molecular weight is 251 g/mol. The first-order valence-corrected chi connectivity index (χ1v) is 6.90. The number of hydrogen-bond donors (Lipinski definition) is 1. The Hall–Kier alpha value is -1.07. The summed E-state index contributed by atoms with van der Waals surface area (Å²) < 4.78 is 1.93. The summed E-state index contributed by atoms with van der Waals surface area (Å²) in [5.74, 6) is 0.612. The van der Waals surface area contributed by atoms with Gasteiger partial charge in [0, 0.05) is 45.0 Å². The fourth-order valence-corrected chi connectivity index (χ4v) is 2.61. The standard InChI is InChI=1S/C13H25N5/c1-3-12-11-17(10-9-16(12)2)6-4-7-18-8-5-13(14)15-18/h5,8,12H,3-4,6-7,9-11H2,1-2H3,(H2,14,15). The van der Waals surface area contributed by atoms with Crippen LogP contribution in [0.25, 0.3) is 0 Å². The zero-order valence-electron chi connectivity index (χ0n) is 11.5. The Morgan fingerprint density at radius 3 is 2.89 bits per heavy atom. The molecular formula is C13H25N5. The van der Waals surface area contributed by atoms with Crippen LogP contribution in [0.2, 0.25) is 0 Å². The average Bonchev–Trinajstić information content (AvgIpc) is 2.77. The molecular weight excluding hydrogens is 226 g/mol. The SMILES string of the molecule is CCC1CN(CCCn2ccc(N)n2)CCN1C. The Morgan fingerprint density at radius 1 is 1.39 bits per heavy atom. The fraction of sp³-hybridized carbons (Fsp3) is 0.769. The summed E-state index contributed by atoms with van der Waals surface area (Å²) >= 11 is 0. The molecule has 5 nitrogen and oxygen atoms in total. The number of hydrogen-bond acceptors (Lipinski definition) is 4. The predicted molar refractivity (Wildman–Crippen MR) is 74.4 cm³/mol. The highest BCUT2D eigenvalue weighted by molar-refractivity contribution is 5.23. The minimum absolute atomic E-state index is 0.612. The van der Waals surface area contributed by atoms with E-state index >= 15 is 0 Å². The van der Waals surface area contributed by atoms with Crippen molar-refractivity contribution in [3.63, 3.8) is 0 Å². The van der Waals surface area contributed by atoms with Gasteiger partial charge in [-0.15, -0.1) is 0 Å². The molecule has 0 aromatic carbocycles. The van der Waals surface area contributed by atoms with Gasteiger partial charge in [0.2, 0.25) is 0 Å². The lowest BCUT2D eigenvalue weighted by Gasteiger charge is -2.39. The Bertz CT molecular complexity index is 362. The predicted octanol–water partition coefficient (Wildman–Crippen LogP) is 0.881. The maximum atomic E-state index is 5.60. The molecule has 1 atom stereocenters. The van der Waals surface area contributed by atoms with Crippen LogP contribution >= 0.6 is 0 Å². The summed E-state index contributed by atoms with van der Waals surface area (Å²) in [4.78, 5) is 5.05. The highest BCUT2D eigenvalue weighted by atomic mass is 15.3. The molecule has 102 valence electrons. The first-order chi connectivity index (χ1) is 8.69. The van der Waals surface area contributed by atoms with Crippen molar-refractivity contribution in [3.8, 4) is 0 Å².